The number of amides is 1. The van der Waals surface area contributed by atoms with E-state index in [0.717, 1.165) is 12.0 Å². The van der Waals surface area contributed by atoms with Gasteiger partial charge in [-0.3, -0.25) is 4.79 Å². The minimum Gasteiger partial charge on any atom is -0.495 e. The molecule has 0 atom stereocenters. The second-order valence-electron chi connectivity index (χ2n) is 5.81. The van der Waals surface area contributed by atoms with E-state index in [9.17, 15) is 10.1 Å². The Bertz CT molecular complexity index is 884. The summed E-state index contributed by atoms with van der Waals surface area (Å²) < 4.78 is 5.11. The van der Waals surface area contributed by atoms with E-state index < -0.39 is 0 Å². The third kappa shape index (κ3) is 3.67. The van der Waals surface area contributed by atoms with Crippen LogP contribution in [-0.4, -0.2) is 24.5 Å². The average molecular weight is 353 g/mol. The second-order valence-corrected chi connectivity index (χ2v) is 6.22. The first kappa shape index (κ1) is 17.1. The van der Waals surface area contributed by atoms with Gasteiger partial charge in [-0.25, -0.2) is 0 Å². The Morgan fingerprint density at radius 3 is 2.72 bits per heavy atom. The minimum atomic E-state index is -0.260. The van der Waals surface area contributed by atoms with Crippen LogP contribution in [0.15, 0.2) is 48.0 Å². The highest BCUT2D eigenvalue weighted by Gasteiger charge is 2.23. The van der Waals surface area contributed by atoms with Crippen molar-refractivity contribution in [3.63, 3.8) is 0 Å². The van der Waals surface area contributed by atoms with Crippen LogP contribution >= 0.6 is 11.6 Å². The van der Waals surface area contributed by atoms with Crippen LogP contribution in [0.2, 0.25) is 5.02 Å². The number of ether oxygens (including phenoxy) is 1. The predicted molar refractivity (Wildman–Crippen MR) is 97.2 cm³/mol. The van der Waals surface area contributed by atoms with Crippen molar-refractivity contribution in [3.8, 4) is 11.8 Å². The van der Waals surface area contributed by atoms with Crippen LogP contribution in [0.3, 0.4) is 0 Å². The molecule has 0 radical (unpaired) electrons. The van der Waals surface area contributed by atoms with Gasteiger partial charge in [0, 0.05) is 13.1 Å². The Hall–Kier alpha value is -2.77. The summed E-state index contributed by atoms with van der Waals surface area (Å²) >= 11 is 6.11. The molecule has 1 aliphatic rings. The molecule has 0 saturated carbocycles. The molecule has 126 valence electrons. The van der Waals surface area contributed by atoms with Crippen LogP contribution in [0.4, 0.5) is 0 Å². The molecular formula is C20H17ClN2O2. The second kappa shape index (κ2) is 7.42. The summed E-state index contributed by atoms with van der Waals surface area (Å²) in [6, 6.07) is 15.2. The van der Waals surface area contributed by atoms with Gasteiger partial charge in [-0.15, -0.1) is 0 Å². The number of hydrogen-bond donors (Lipinski definition) is 0. The van der Waals surface area contributed by atoms with Crippen molar-refractivity contribution in [3.05, 3.63) is 69.8 Å². The molecule has 1 heterocycles. The van der Waals surface area contributed by atoms with Crippen molar-refractivity contribution in [1.29, 1.82) is 5.26 Å². The fourth-order valence-electron chi connectivity index (χ4n) is 2.92. The van der Waals surface area contributed by atoms with Crippen LogP contribution in [0, 0.1) is 11.3 Å². The van der Waals surface area contributed by atoms with Gasteiger partial charge in [-0.2, -0.15) is 5.26 Å². The van der Waals surface area contributed by atoms with Gasteiger partial charge in [-0.1, -0.05) is 41.9 Å². The van der Waals surface area contributed by atoms with Gasteiger partial charge in [0.2, 0.25) is 0 Å². The topological polar surface area (TPSA) is 53.3 Å². The van der Waals surface area contributed by atoms with Crippen molar-refractivity contribution in [2.75, 3.05) is 13.7 Å². The summed E-state index contributed by atoms with van der Waals surface area (Å²) in [5.41, 5.74) is 3.18. The summed E-state index contributed by atoms with van der Waals surface area (Å²) in [6.07, 6.45) is 2.36. The maximum atomic E-state index is 12.7. The van der Waals surface area contributed by atoms with Crippen molar-refractivity contribution in [2.24, 2.45) is 0 Å². The molecule has 1 aliphatic heterocycles. The molecule has 0 spiro atoms. The molecule has 0 aromatic heterocycles. The molecule has 1 amide bonds. The van der Waals surface area contributed by atoms with Gasteiger partial charge in [0.1, 0.15) is 17.4 Å². The first-order valence-corrected chi connectivity index (χ1v) is 8.31. The lowest BCUT2D eigenvalue weighted by Crippen LogP contribution is -2.36. The zero-order chi connectivity index (χ0) is 17.8. The number of methoxy groups -OCH3 is 1. The Kier molecular flexibility index (Phi) is 5.06. The molecule has 0 N–H and O–H groups in total. The standard InChI is InChI=1S/C20H17ClN2O2/c1-25-19-7-6-14(11-18(19)21)10-17(12-22)20(24)23-9-8-15-4-2-3-5-16(15)13-23/h2-7,10-11H,8-9,13H2,1H3/b17-10+. The number of benzene rings is 2. The normalized spacial score (nSPS) is 13.8. The molecular weight excluding hydrogens is 336 g/mol. The van der Waals surface area contributed by atoms with Crippen LogP contribution in [0.1, 0.15) is 16.7 Å². The lowest BCUT2D eigenvalue weighted by Gasteiger charge is -2.28. The van der Waals surface area contributed by atoms with Crippen LogP contribution < -0.4 is 4.74 Å². The Morgan fingerprint density at radius 2 is 2.04 bits per heavy atom. The Labute approximate surface area is 151 Å². The first-order chi connectivity index (χ1) is 12.1. The van der Waals surface area contributed by atoms with Gasteiger partial charge in [0.15, 0.2) is 0 Å². The highest BCUT2D eigenvalue weighted by molar-refractivity contribution is 6.32. The van der Waals surface area contributed by atoms with Crippen LogP contribution in [0.5, 0.6) is 5.75 Å². The lowest BCUT2D eigenvalue weighted by atomic mass is 9.99. The summed E-state index contributed by atoms with van der Waals surface area (Å²) in [5.74, 6) is 0.292. The molecule has 4 nitrogen and oxygen atoms in total. The molecule has 5 heteroatoms. The third-order valence-electron chi connectivity index (χ3n) is 4.26. The molecule has 0 bridgehead atoms. The smallest absolute Gasteiger partial charge is 0.264 e. The first-order valence-electron chi connectivity index (χ1n) is 7.93. The summed E-state index contributed by atoms with van der Waals surface area (Å²) in [4.78, 5) is 14.4. The van der Waals surface area contributed by atoms with Gasteiger partial charge in [0.05, 0.1) is 12.1 Å². The number of nitriles is 1. The van der Waals surface area contributed by atoms with E-state index in [1.54, 1.807) is 29.2 Å². The number of carbonyl (C=O) groups excluding carboxylic acids is 1. The summed E-state index contributed by atoms with van der Waals surface area (Å²) in [7, 11) is 1.54. The fourth-order valence-corrected chi connectivity index (χ4v) is 3.19. The quantitative estimate of drug-likeness (QED) is 0.623. The van der Waals surface area contributed by atoms with E-state index >= 15 is 0 Å². The number of carbonyl (C=O) groups is 1. The summed E-state index contributed by atoms with van der Waals surface area (Å²) in [5, 5.41) is 9.87. The van der Waals surface area contributed by atoms with E-state index in [4.69, 9.17) is 16.3 Å². The van der Waals surface area contributed by atoms with Crippen molar-refractivity contribution >= 4 is 23.6 Å². The zero-order valence-corrected chi connectivity index (χ0v) is 14.6. The number of hydrogen-bond acceptors (Lipinski definition) is 3. The van der Waals surface area contributed by atoms with Gasteiger partial charge in [0.25, 0.3) is 5.91 Å². The predicted octanol–water partition coefficient (Wildman–Crippen LogP) is 3.84. The third-order valence-corrected chi connectivity index (χ3v) is 4.55. The number of fused-ring (bicyclic) bond motifs is 1. The van der Waals surface area contributed by atoms with Gasteiger partial charge < -0.3 is 9.64 Å². The number of rotatable bonds is 3. The minimum absolute atomic E-state index is 0.0978. The molecule has 2 aromatic carbocycles. The SMILES string of the molecule is COc1ccc(/C=C(\C#N)C(=O)N2CCc3ccccc3C2)cc1Cl. The van der Waals surface area contributed by atoms with Crippen LogP contribution in [-0.2, 0) is 17.8 Å². The highest BCUT2D eigenvalue weighted by Crippen LogP contribution is 2.26. The van der Waals surface area contributed by atoms with Crippen molar-refractivity contribution in [1.82, 2.24) is 4.90 Å². The van der Waals surface area contributed by atoms with E-state index in [0.29, 0.717) is 29.4 Å². The van der Waals surface area contributed by atoms with Crippen LogP contribution in [0.25, 0.3) is 6.08 Å². The van der Waals surface area contributed by atoms with Crippen molar-refractivity contribution in [2.45, 2.75) is 13.0 Å². The lowest BCUT2D eigenvalue weighted by molar-refractivity contribution is -0.127. The molecule has 25 heavy (non-hydrogen) atoms. The summed E-state index contributed by atoms with van der Waals surface area (Å²) in [6.45, 7) is 1.13. The molecule has 3 rings (SSSR count). The molecule has 0 unspecified atom stereocenters. The van der Waals surface area contributed by atoms with E-state index in [2.05, 4.69) is 6.07 Å². The van der Waals surface area contributed by atoms with E-state index in [1.165, 1.54) is 12.7 Å². The molecule has 0 saturated heterocycles. The maximum Gasteiger partial charge on any atom is 0.264 e. The molecule has 2 aromatic rings. The maximum absolute atomic E-state index is 12.7. The number of halogens is 1. The average Bonchev–Trinajstić information content (AvgIpc) is 2.65. The largest absolute Gasteiger partial charge is 0.495 e. The van der Waals surface area contributed by atoms with Gasteiger partial charge in [-0.05, 0) is 41.3 Å². The Morgan fingerprint density at radius 1 is 1.28 bits per heavy atom. The molecule has 0 fully saturated rings. The highest BCUT2D eigenvalue weighted by atomic mass is 35.5. The molecule has 0 aliphatic carbocycles. The Balaban J connectivity index is 1.83. The number of nitrogens with zero attached hydrogens (tertiary/aromatic N) is 2. The van der Waals surface area contributed by atoms with E-state index in [1.807, 2.05) is 24.3 Å². The van der Waals surface area contributed by atoms with E-state index in [-0.39, 0.29) is 11.5 Å². The van der Waals surface area contributed by atoms with Gasteiger partial charge >= 0.3 is 0 Å². The fraction of sp³-hybridized carbons (Fsp3) is 0.200. The van der Waals surface area contributed by atoms with Crippen molar-refractivity contribution < 1.29 is 9.53 Å². The monoisotopic (exact) mass is 352 g/mol. The zero-order valence-electron chi connectivity index (χ0n) is 13.8.